The minimum atomic E-state index is -4.13. The molecule has 16 heteroatoms. The van der Waals surface area contributed by atoms with Gasteiger partial charge in [-0.05, 0) is 89.4 Å². The van der Waals surface area contributed by atoms with Gasteiger partial charge >= 0.3 is 0 Å². The zero-order chi connectivity index (χ0) is 36.1. The molecule has 1 amide bonds. The summed E-state index contributed by atoms with van der Waals surface area (Å²) < 4.78 is 88.0. The van der Waals surface area contributed by atoms with E-state index in [4.69, 9.17) is 14.0 Å². The van der Waals surface area contributed by atoms with E-state index in [1.54, 1.807) is 6.92 Å². The van der Waals surface area contributed by atoms with Gasteiger partial charge < -0.3 is 24.0 Å². The van der Waals surface area contributed by atoms with E-state index in [1.165, 1.54) is 56.1 Å². The van der Waals surface area contributed by atoms with Crippen LogP contribution >= 0.6 is 0 Å². The number of amides is 1. The van der Waals surface area contributed by atoms with Crippen molar-refractivity contribution in [3.63, 3.8) is 0 Å². The fourth-order valence-electron chi connectivity index (χ4n) is 5.65. The number of hydrogen-bond donors (Lipinski definition) is 2. The summed E-state index contributed by atoms with van der Waals surface area (Å²) in [7, 11) is -6.71. The number of aromatic nitrogens is 1. The van der Waals surface area contributed by atoms with Crippen molar-refractivity contribution in [2.45, 2.75) is 81.9 Å². The molecule has 1 aromatic heterocycles. The number of likely N-dealkylation sites (N-methyl/N-ethyl adjacent to an activating group) is 1. The van der Waals surface area contributed by atoms with Crippen molar-refractivity contribution in [1.29, 1.82) is 0 Å². The number of hydrogen-bond acceptors (Lipinski definition) is 10. The number of rotatable bonds is 9. The summed E-state index contributed by atoms with van der Waals surface area (Å²) in [4.78, 5) is 15.6. The average Bonchev–Trinajstić information content (AvgIpc) is 3.40. The molecule has 49 heavy (non-hydrogen) atoms. The molecule has 13 nitrogen and oxygen atoms in total. The van der Waals surface area contributed by atoms with E-state index in [2.05, 4.69) is 9.88 Å². The van der Waals surface area contributed by atoms with Gasteiger partial charge in [-0.2, -0.15) is 4.31 Å². The van der Waals surface area contributed by atoms with Crippen LogP contribution in [0.2, 0.25) is 0 Å². The Morgan fingerprint density at radius 2 is 1.80 bits per heavy atom. The number of fused-ring (bicyclic) bond motifs is 1. The van der Waals surface area contributed by atoms with Crippen molar-refractivity contribution in [3.8, 4) is 5.75 Å². The number of anilines is 1. The summed E-state index contributed by atoms with van der Waals surface area (Å²) in [6.07, 6.45) is 1.03. The molecule has 3 aromatic rings. The Morgan fingerprint density at radius 1 is 1.10 bits per heavy atom. The maximum Gasteiger partial charge on any atom is 0.267 e. The molecule has 0 saturated heterocycles. The van der Waals surface area contributed by atoms with Crippen LogP contribution < -0.4 is 9.46 Å². The number of nitrogens with one attached hydrogen (secondary N) is 1. The number of ether oxygens (including phenoxy) is 2. The molecule has 1 aliphatic rings. The van der Waals surface area contributed by atoms with Gasteiger partial charge in [0, 0.05) is 38.3 Å². The summed E-state index contributed by atoms with van der Waals surface area (Å²) in [5.41, 5.74) is 0.355. The monoisotopic (exact) mass is 724 g/mol. The number of aryl methyl sites for hydroxylation is 2. The highest BCUT2D eigenvalue weighted by Crippen LogP contribution is 2.30. The van der Waals surface area contributed by atoms with Crippen LogP contribution in [0.5, 0.6) is 5.75 Å². The minimum Gasteiger partial charge on any atom is -0.490 e. The second-order valence-electron chi connectivity index (χ2n) is 12.5. The zero-order valence-corrected chi connectivity index (χ0v) is 30.2. The quantitative estimate of drug-likeness (QED) is 0.324. The van der Waals surface area contributed by atoms with Crippen LogP contribution in [0.1, 0.15) is 61.8 Å². The number of aliphatic hydroxyl groups is 1. The van der Waals surface area contributed by atoms with Crippen LogP contribution in [0.25, 0.3) is 0 Å². The van der Waals surface area contributed by atoms with Crippen LogP contribution in [0.15, 0.2) is 56.8 Å². The summed E-state index contributed by atoms with van der Waals surface area (Å²) in [5.74, 6) is -1.16. The number of carbonyl (C=O) groups excluding carboxylic acids is 1. The fraction of sp³-hybridized carbons (Fsp3) is 0.515. The number of benzene rings is 2. The van der Waals surface area contributed by atoms with Crippen molar-refractivity contribution in [2.75, 3.05) is 38.1 Å². The number of carbonyl (C=O) groups is 1. The first-order chi connectivity index (χ1) is 23.0. The van der Waals surface area contributed by atoms with E-state index >= 15 is 0 Å². The van der Waals surface area contributed by atoms with E-state index in [0.29, 0.717) is 19.4 Å². The van der Waals surface area contributed by atoms with Gasteiger partial charge in [0.25, 0.3) is 15.9 Å². The molecule has 0 aliphatic carbocycles. The summed E-state index contributed by atoms with van der Waals surface area (Å²) in [6.45, 7) is 8.31. The van der Waals surface area contributed by atoms with Gasteiger partial charge in [-0.15, -0.1) is 0 Å². The highest BCUT2D eigenvalue weighted by molar-refractivity contribution is 7.92. The smallest absolute Gasteiger partial charge is 0.267 e. The van der Waals surface area contributed by atoms with Crippen molar-refractivity contribution in [2.24, 2.45) is 5.92 Å². The number of aliphatic hydroxyl groups excluding tert-OH is 1. The lowest BCUT2D eigenvalue weighted by molar-refractivity contribution is -0.00834. The predicted molar refractivity (Wildman–Crippen MR) is 180 cm³/mol. The SMILES string of the molecule is Cc1noc(C)c1S(=O)(=O)Nc1ccc2c(c1)C(=O)N([C@@H](C)CO)C[C@H](C)[C@@H](CN(C)S(=O)(=O)c1ccc(F)cc1)OCCCC[C@@H](C)O2. The first-order valence-electron chi connectivity index (χ1n) is 16.1. The van der Waals surface area contributed by atoms with Crippen LogP contribution in [0, 0.1) is 25.6 Å². The van der Waals surface area contributed by atoms with E-state index < -0.39 is 49.8 Å². The fourth-order valence-corrected chi connectivity index (χ4v) is 8.22. The lowest BCUT2D eigenvalue weighted by Crippen LogP contribution is -2.48. The maximum atomic E-state index is 14.4. The average molecular weight is 725 g/mol. The second-order valence-corrected chi connectivity index (χ2v) is 16.2. The Bertz CT molecular complexity index is 1800. The number of halogens is 1. The van der Waals surface area contributed by atoms with Gasteiger partial charge in [-0.3, -0.25) is 9.52 Å². The summed E-state index contributed by atoms with van der Waals surface area (Å²) in [5, 5.41) is 13.9. The van der Waals surface area contributed by atoms with E-state index in [1.807, 2.05) is 13.8 Å². The van der Waals surface area contributed by atoms with Gasteiger partial charge in [-0.25, -0.2) is 21.2 Å². The molecule has 0 saturated carbocycles. The molecule has 4 atom stereocenters. The third-order valence-electron chi connectivity index (χ3n) is 8.50. The Hall–Kier alpha value is -3.57. The van der Waals surface area contributed by atoms with E-state index in [-0.39, 0.29) is 64.0 Å². The standard InChI is InChI=1S/C33H45FN4O9S2/c1-21-18-38(22(2)20-39)33(40)29-17-27(36-48(41,42)32-24(4)35-47-25(32)5)12-15-30(29)46-23(3)9-7-8-16-45-31(21)19-37(6)49(43,44)28-13-10-26(34)11-14-28/h10-15,17,21-23,31,36,39H,7-9,16,18-20H2,1-6H3/t21-,22-,23+,31+/m0/s1. The predicted octanol–water partition coefficient (Wildman–Crippen LogP) is 4.35. The second kappa shape index (κ2) is 16.0. The van der Waals surface area contributed by atoms with Crippen LogP contribution in [-0.4, -0.2) is 93.8 Å². The highest BCUT2D eigenvalue weighted by Gasteiger charge is 2.33. The van der Waals surface area contributed by atoms with Crippen LogP contribution in [0.3, 0.4) is 0 Å². The molecule has 0 fully saturated rings. The normalized spacial score (nSPS) is 20.7. The van der Waals surface area contributed by atoms with Gasteiger partial charge in [0.1, 0.15) is 17.3 Å². The lowest BCUT2D eigenvalue weighted by atomic mass is 10.0. The van der Waals surface area contributed by atoms with E-state index in [0.717, 1.165) is 22.9 Å². The molecule has 0 unspecified atom stereocenters. The Morgan fingerprint density at radius 3 is 2.43 bits per heavy atom. The molecule has 0 bridgehead atoms. The van der Waals surface area contributed by atoms with Gasteiger partial charge in [-0.1, -0.05) is 12.1 Å². The first-order valence-corrected chi connectivity index (χ1v) is 19.0. The first kappa shape index (κ1) is 38.2. The molecule has 270 valence electrons. The van der Waals surface area contributed by atoms with Gasteiger partial charge in [0.15, 0.2) is 10.7 Å². The Kier molecular flexibility index (Phi) is 12.5. The van der Waals surface area contributed by atoms with Gasteiger partial charge in [0.05, 0.1) is 35.3 Å². The van der Waals surface area contributed by atoms with Crippen molar-refractivity contribution < 1.29 is 45.1 Å². The Labute approximate surface area is 287 Å². The molecular weight excluding hydrogens is 680 g/mol. The van der Waals surface area contributed by atoms with Crippen molar-refractivity contribution in [3.05, 3.63) is 65.3 Å². The zero-order valence-electron chi connectivity index (χ0n) is 28.5. The summed E-state index contributed by atoms with van der Waals surface area (Å²) in [6, 6.07) is 8.31. The number of sulfonamides is 2. The third kappa shape index (κ3) is 9.16. The number of nitrogens with zero attached hydrogens (tertiary/aromatic N) is 3. The topological polar surface area (TPSA) is 169 Å². The Balaban J connectivity index is 1.69. The lowest BCUT2D eigenvalue weighted by Gasteiger charge is -2.35. The molecule has 0 spiro atoms. The molecule has 2 N–H and O–H groups in total. The van der Waals surface area contributed by atoms with Crippen LogP contribution in [-0.2, 0) is 24.8 Å². The molecule has 2 heterocycles. The van der Waals surface area contributed by atoms with Crippen molar-refractivity contribution >= 4 is 31.6 Å². The van der Waals surface area contributed by atoms with Crippen LogP contribution in [0.4, 0.5) is 10.1 Å². The van der Waals surface area contributed by atoms with E-state index in [9.17, 15) is 31.1 Å². The molecule has 1 aliphatic heterocycles. The van der Waals surface area contributed by atoms with Crippen molar-refractivity contribution in [1.82, 2.24) is 14.4 Å². The highest BCUT2D eigenvalue weighted by atomic mass is 32.2. The molecule has 4 rings (SSSR count). The third-order valence-corrected chi connectivity index (χ3v) is 12.0. The molecular formula is C33H45FN4O9S2. The molecule has 2 aromatic carbocycles. The van der Waals surface area contributed by atoms with Gasteiger partial charge in [0.2, 0.25) is 10.0 Å². The maximum absolute atomic E-state index is 14.4. The summed E-state index contributed by atoms with van der Waals surface area (Å²) >= 11 is 0. The minimum absolute atomic E-state index is 0.0552. The largest absolute Gasteiger partial charge is 0.490 e. The molecule has 0 radical (unpaired) electrons.